The van der Waals surface area contributed by atoms with Crippen LogP contribution in [0, 0.1) is 0 Å². The molecule has 2 rings (SSSR count). The predicted octanol–water partition coefficient (Wildman–Crippen LogP) is 1.88. The summed E-state index contributed by atoms with van der Waals surface area (Å²) in [6.07, 6.45) is -0.635. The van der Waals surface area contributed by atoms with Gasteiger partial charge in [-0.25, -0.2) is 4.79 Å². The molecular weight excluding hydrogens is 446 g/mol. The number of carbonyl (C=O) groups is 4. The minimum absolute atomic E-state index is 0.0759. The van der Waals surface area contributed by atoms with Crippen LogP contribution in [0.25, 0.3) is 0 Å². The molecule has 9 nitrogen and oxygen atoms in total. The predicted molar refractivity (Wildman–Crippen MR) is 124 cm³/mol. The van der Waals surface area contributed by atoms with Gasteiger partial charge < -0.3 is 20.5 Å². The van der Waals surface area contributed by atoms with Crippen molar-refractivity contribution in [2.24, 2.45) is 0 Å². The Bertz CT molecular complexity index is 911. The second-order valence-electron chi connectivity index (χ2n) is 6.95. The molecular formula is C23H27N3O6S. The van der Waals surface area contributed by atoms with Crippen LogP contribution < -0.4 is 10.6 Å². The first kappa shape index (κ1) is 25.7. The zero-order valence-corrected chi connectivity index (χ0v) is 18.9. The van der Waals surface area contributed by atoms with Crippen molar-refractivity contribution < 1.29 is 29.0 Å². The third kappa shape index (κ3) is 11.1. The summed E-state index contributed by atoms with van der Waals surface area (Å²) in [6.45, 7) is -0.852. The fourth-order valence-corrected chi connectivity index (χ4v) is 3.55. The van der Waals surface area contributed by atoms with Crippen molar-refractivity contribution in [3.63, 3.8) is 0 Å². The molecule has 0 spiro atoms. The second kappa shape index (κ2) is 14.5. The van der Waals surface area contributed by atoms with E-state index in [-0.39, 0.29) is 26.2 Å². The van der Waals surface area contributed by atoms with Gasteiger partial charge in [-0.2, -0.15) is 11.8 Å². The van der Waals surface area contributed by atoms with Crippen LogP contribution in [0.5, 0.6) is 0 Å². The summed E-state index contributed by atoms with van der Waals surface area (Å²) >= 11 is 1.62. The maximum atomic E-state index is 12.6. The first-order chi connectivity index (χ1) is 15.9. The average molecular weight is 474 g/mol. The summed E-state index contributed by atoms with van der Waals surface area (Å²) < 4.78 is 5.35. The van der Waals surface area contributed by atoms with Crippen molar-refractivity contribution in [2.75, 3.05) is 31.9 Å². The monoisotopic (exact) mass is 473 g/mol. The lowest BCUT2D eigenvalue weighted by Gasteiger charge is -2.21. The van der Waals surface area contributed by atoms with Gasteiger partial charge in [0.1, 0.15) is 19.7 Å². The van der Waals surface area contributed by atoms with E-state index < -0.39 is 30.4 Å². The first-order valence-corrected chi connectivity index (χ1v) is 11.4. The number of hydrogen-bond acceptors (Lipinski definition) is 6. The first-order valence-electron chi connectivity index (χ1n) is 10.3. The Morgan fingerprint density at radius 1 is 0.848 bits per heavy atom. The summed E-state index contributed by atoms with van der Waals surface area (Å²) in [5, 5.41) is 13.1. The van der Waals surface area contributed by atoms with Crippen LogP contribution in [-0.2, 0) is 31.5 Å². The van der Waals surface area contributed by atoms with Crippen molar-refractivity contribution in [2.45, 2.75) is 12.4 Å². The van der Waals surface area contributed by atoms with E-state index in [4.69, 9.17) is 9.84 Å². The number of carboxylic acids is 1. The van der Waals surface area contributed by atoms with E-state index in [1.165, 1.54) is 4.90 Å². The fraction of sp³-hybridized carbons (Fsp3) is 0.304. The maximum absolute atomic E-state index is 12.6. The summed E-state index contributed by atoms with van der Waals surface area (Å²) in [5.41, 5.74) is 1.98. The van der Waals surface area contributed by atoms with Crippen molar-refractivity contribution in [3.8, 4) is 0 Å². The van der Waals surface area contributed by atoms with Gasteiger partial charge in [0.05, 0.1) is 6.54 Å². The lowest BCUT2D eigenvalue weighted by atomic mass is 10.2. The van der Waals surface area contributed by atoms with Crippen molar-refractivity contribution >= 4 is 35.6 Å². The van der Waals surface area contributed by atoms with E-state index in [1.807, 2.05) is 60.7 Å². The molecule has 0 atom stereocenters. The summed E-state index contributed by atoms with van der Waals surface area (Å²) in [4.78, 5) is 48.2. The van der Waals surface area contributed by atoms with Crippen LogP contribution in [0.2, 0.25) is 0 Å². The Balaban J connectivity index is 1.85. The largest absolute Gasteiger partial charge is 0.480 e. The van der Waals surface area contributed by atoms with E-state index in [9.17, 15) is 19.2 Å². The Hall–Kier alpha value is -3.53. The fourth-order valence-electron chi connectivity index (χ4n) is 2.63. The highest BCUT2D eigenvalue weighted by atomic mass is 32.2. The van der Waals surface area contributed by atoms with Crippen LogP contribution in [0.1, 0.15) is 11.1 Å². The zero-order valence-electron chi connectivity index (χ0n) is 18.1. The molecule has 0 aromatic heterocycles. The van der Waals surface area contributed by atoms with E-state index in [0.717, 1.165) is 16.9 Å². The van der Waals surface area contributed by atoms with Crippen molar-refractivity contribution in [1.82, 2.24) is 15.5 Å². The smallest absolute Gasteiger partial charge is 0.410 e. The molecule has 0 saturated carbocycles. The number of benzene rings is 2. The summed E-state index contributed by atoms with van der Waals surface area (Å²) in [7, 11) is 0. The Kier molecular flexibility index (Phi) is 11.3. The highest BCUT2D eigenvalue weighted by Gasteiger charge is 2.19. The number of aliphatic carboxylic acids is 1. The highest BCUT2D eigenvalue weighted by Crippen LogP contribution is 2.12. The number of ether oxygens (including phenoxy) is 1. The van der Waals surface area contributed by atoms with E-state index in [2.05, 4.69) is 10.6 Å². The number of amides is 3. The van der Waals surface area contributed by atoms with Crippen LogP contribution in [0.4, 0.5) is 4.79 Å². The topological polar surface area (TPSA) is 125 Å². The van der Waals surface area contributed by atoms with Gasteiger partial charge in [-0.05, 0) is 11.1 Å². The van der Waals surface area contributed by atoms with Crippen molar-refractivity contribution in [3.05, 3.63) is 71.8 Å². The van der Waals surface area contributed by atoms with Crippen molar-refractivity contribution in [1.29, 1.82) is 0 Å². The number of carbonyl (C=O) groups excluding carboxylic acids is 3. The molecule has 3 N–H and O–H groups in total. The minimum Gasteiger partial charge on any atom is -0.480 e. The molecule has 0 unspecified atom stereocenters. The molecule has 2 aromatic rings. The molecule has 0 aliphatic heterocycles. The highest BCUT2D eigenvalue weighted by molar-refractivity contribution is 7.98. The Morgan fingerprint density at radius 3 is 2.09 bits per heavy atom. The quantitative estimate of drug-likeness (QED) is 0.379. The van der Waals surface area contributed by atoms with Crippen LogP contribution >= 0.6 is 11.8 Å². The Morgan fingerprint density at radius 2 is 1.45 bits per heavy atom. The molecule has 0 aliphatic rings. The molecule has 176 valence electrons. The normalized spacial score (nSPS) is 10.2. The number of carboxylic acid groups (broad SMARTS) is 1. The van der Waals surface area contributed by atoms with E-state index in [1.54, 1.807) is 11.8 Å². The van der Waals surface area contributed by atoms with Gasteiger partial charge in [0.25, 0.3) is 0 Å². The molecule has 33 heavy (non-hydrogen) atoms. The van der Waals surface area contributed by atoms with Gasteiger partial charge >= 0.3 is 12.1 Å². The summed E-state index contributed by atoms with van der Waals surface area (Å²) in [5.74, 6) is -1.02. The van der Waals surface area contributed by atoms with Crippen LogP contribution in [0.15, 0.2) is 60.7 Å². The van der Waals surface area contributed by atoms with E-state index >= 15 is 0 Å². The number of nitrogens with zero attached hydrogens (tertiary/aromatic N) is 1. The third-order valence-electron chi connectivity index (χ3n) is 4.30. The van der Waals surface area contributed by atoms with Gasteiger partial charge in [-0.1, -0.05) is 60.7 Å². The van der Waals surface area contributed by atoms with Gasteiger partial charge in [-0.15, -0.1) is 0 Å². The molecule has 0 radical (unpaired) electrons. The maximum Gasteiger partial charge on any atom is 0.410 e. The second-order valence-corrected chi connectivity index (χ2v) is 8.05. The van der Waals surface area contributed by atoms with E-state index in [0.29, 0.717) is 5.75 Å². The molecule has 0 fully saturated rings. The zero-order chi connectivity index (χ0) is 23.9. The minimum atomic E-state index is -1.19. The molecule has 0 saturated heterocycles. The Labute approximate surface area is 196 Å². The lowest BCUT2D eigenvalue weighted by molar-refractivity contribution is -0.137. The molecule has 3 amide bonds. The number of hydrogen-bond donors (Lipinski definition) is 3. The SMILES string of the molecule is O=C(O)CNC(=O)CNC(=O)CN(CCSCc1ccccc1)C(=O)OCc1ccccc1. The van der Waals surface area contributed by atoms with Gasteiger partial charge in [0.15, 0.2) is 0 Å². The van der Waals surface area contributed by atoms with Gasteiger partial charge in [-0.3, -0.25) is 19.3 Å². The lowest BCUT2D eigenvalue weighted by Crippen LogP contribution is -2.45. The third-order valence-corrected chi connectivity index (χ3v) is 5.31. The standard InChI is InChI=1S/C23H27N3O6S/c27-20(25-14-22(29)30)13-24-21(28)15-26(11-12-33-17-19-9-5-2-6-10-19)23(31)32-16-18-7-3-1-4-8-18/h1-10H,11-17H2,(H,24,28)(H,25,27)(H,29,30). The van der Waals surface area contributed by atoms with Gasteiger partial charge in [0, 0.05) is 18.1 Å². The molecule has 0 bridgehead atoms. The molecule has 0 aliphatic carbocycles. The number of rotatable bonds is 13. The summed E-state index contributed by atoms with van der Waals surface area (Å²) in [6, 6.07) is 19.1. The molecule has 0 heterocycles. The number of nitrogens with one attached hydrogen (secondary N) is 2. The number of thioether (sulfide) groups is 1. The molecule has 2 aromatic carbocycles. The average Bonchev–Trinajstić information content (AvgIpc) is 2.83. The van der Waals surface area contributed by atoms with Crippen LogP contribution in [0.3, 0.4) is 0 Å². The van der Waals surface area contributed by atoms with Gasteiger partial charge in [0.2, 0.25) is 11.8 Å². The van der Waals surface area contributed by atoms with Crippen LogP contribution in [-0.4, -0.2) is 65.8 Å². The molecule has 10 heteroatoms.